The van der Waals surface area contributed by atoms with Crippen molar-refractivity contribution in [1.82, 2.24) is 25.3 Å². The topological polar surface area (TPSA) is 75.3 Å². The van der Waals surface area contributed by atoms with Gasteiger partial charge < -0.3 is 15.1 Å². The number of rotatable bonds is 7. The molecule has 0 bridgehead atoms. The van der Waals surface area contributed by atoms with Gasteiger partial charge in [-0.25, -0.2) is 4.79 Å². The van der Waals surface area contributed by atoms with Crippen molar-refractivity contribution in [2.75, 3.05) is 27.2 Å². The molecule has 2 aromatic heterocycles. The second-order valence-electron chi connectivity index (χ2n) is 5.40. The van der Waals surface area contributed by atoms with E-state index in [0.717, 1.165) is 17.7 Å². The number of carbonyl (C=O) groups is 1. The van der Waals surface area contributed by atoms with Crippen LogP contribution in [-0.2, 0) is 13.5 Å². The number of hydrogen-bond donors (Lipinski definition) is 2. The van der Waals surface area contributed by atoms with Gasteiger partial charge in [-0.05, 0) is 38.2 Å². The second kappa shape index (κ2) is 7.65. The van der Waals surface area contributed by atoms with Crippen molar-refractivity contribution in [3.8, 4) is 0 Å². The van der Waals surface area contributed by atoms with Crippen LogP contribution in [0.3, 0.4) is 0 Å². The highest BCUT2D eigenvalue weighted by Gasteiger charge is 2.17. The standard InChI is InChI=1S/C15H23N5O2/c1-19(2)13(14-5-4-8-22-14)10-17-15(21)16-7-6-12-9-18-20(3)11-12/h4-5,8-9,11,13H,6-7,10H2,1-3H3,(H2,16,17,21)/t13-/m1/s1. The Morgan fingerprint density at radius 1 is 1.45 bits per heavy atom. The van der Waals surface area contributed by atoms with Gasteiger partial charge in [0.1, 0.15) is 5.76 Å². The molecule has 2 N–H and O–H groups in total. The van der Waals surface area contributed by atoms with Crippen LogP contribution in [0.4, 0.5) is 4.79 Å². The number of aromatic nitrogens is 2. The van der Waals surface area contributed by atoms with Crippen molar-refractivity contribution < 1.29 is 9.21 Å². The van der Waals surface area contributed by atoms with Crippen LogP contribution < -0.4 is 10.6 Å². The number of likely N-dealkylation sites (N-methyl/N-ethyl adjacent to an activating group) is 1. The maximum absolute atomic E-state index is 11.8. The van der Waals surface area contributed by atoms with Gasteiger partial charge in [-0.15, -0.1) is 0 Å². The van der Waals surface area contributed by atoms with Crippen LogP contribution in [0.2, 0.25) is 0 Å². The molecule has 0 aromatic carbocycles. The molecule has 0 saturated heterocycles. The third kappa shape index (κ3) is 4.63. The van der Waals surface area contributed by atoms with E-state index in [0.29, 0.717) is 13.1 Å². The van der Waals surface area contributed by atoms with E-state index in [2.05, 4.69) is 15.7 Å². The molecule has 0 radical (unpaired) electrons. The highest BCUT2D eigenvalue weighted by atomic mass is 16.3. The van der Waals surface area contributed by atoms with Gasteiger partial charge in [0.25, 0.3) is 0 Å². The zero-order valence-corrected chi connectivity index (χ0v) is 13.2. The third-order valence-electron chi connectivity index (χ3n) is 3.41. The average molecular weight is 305 g/mol. The number of aryl methyl sites for hydroxylation is 1. The molecule has 0 aliphatic rings. The molecule has 2 aromatic rings. The maximum atomic E-state index is 11.8. The second-order valence-corrected chi connectivity index (χ2v) is 5.40. The summed E-state index contributed by atoms with van der Waals surface area (Å²) in [5, 5.41) is 9.81. The number of furan rings is 1. The molecule has 0 fully saturated rings. The summed E-state index contributed by atoms with van der Waals surface area (Å²) in [6.45, 7) is 1.06. The van der Waals surface area contributed by atoms with Crippen LogP contribution in [0.15, 0.2) is 35.2 Å². The first-order chi connectivity index (χ1) is 10.6. The normalized spacial score (nSPS) is 12.4. The first kappa shape index (κ1) is 16.1. The molecule has 7 heteroatoms. The Labute approximate surface area is 130 Å². The molecule has 0 saturated carbocycles. The Bertz CT molecular complexity index is 577. The average Bonchev–Trinajstić information content (AvgIpc) is 3.11. The van der Waals surface area contributed by atoms with Crippen molar-refractivity contribution in [3.05, 3.63) is 42.1 Å². The van der Waals surface area contributed by atoms with Gasteiger partial charge in [-0.3, -0.25) is 9.58 Å². The van der Waals surface area contributed by atoms with Gasteiger partial charge in [-0.2, -0.15) is 5.10 Å². The highest BCUT2D eigenvalue weighted by molar-refractivity contribution is 5.73. The smallest absolute Gasteiger partial charge is 0.314 e. The van der Waals surface area contributed by atoms with E-state index in [9.17, 15) is 4.79 Å². The maximum Gasteiger partial charge on any atom is 0.314 e. The quantitative estimate of drug-likeness (QED) is 0.805. The monoisotopic (exact) mass is 305 g/mol. The number of urea groups is 1. The van der Waals surface area contributed by atoms with Crippen LogP contribution in [0.25, 0.3) is 0 Å². The van der Waals surface area contributed by atoms with Gasteiger partial charge in [0.05, 0.1) is 18.5 Å². The molecule has 0 unspecified atom stereocenters. The van der Waals surface area contributed by atoms with Gasteiger partial charge in [0, 0.05) is 26.3 Å². The minimum atomic E-state index is -0.178. The van der Waals surface area contributed by atoms with E-state index in [-0.39, 0.29) is 12.1 Å². The molecule has 0 aliphatic heterocycles. The lowest BCUT2D eigenvalue weighted by atomic mass is 10.2. The Kier molecular flexibility index (Phi) is 5.60. The van der Waals surface area contributed by atoms with Gasteiger partial charge in [-0.1, -0.05) is 0 Å². The van der Waals surface area contributed by atoms with Crippen molar-refractivity contribution in [2.45, 2.75) is 12.5 Å². The largest absolute Gasteiger partial charge is 0.468 e. The van der Waals surface area contributed by atoms with Crippen molar-refractivity contribution in [1.29, 1.82) is 0 Å². The molecule has 120 valence electrons. The van der Waals surface area contributed by atoms with Gasteiger partial charge in [0.2, 0.25) is 0 Å². The lowest BCUT2D eigenvalue weighted by Crippen LogP contribution is -2.41. The fourth-order valence-corrected chi connectivity index (χ4v) is 2.19. The zero-order valence-electron chi connectivity index (χ0n) is 13.2. The van der Waals surface area contributed by atoms with Crippen LogP contribution in [0, 0.1) is 0 Å². The number of amides is 2. The number of nitrogens with zero attached hydrogens (tertiary/aromatic N) is 3. The lowest BCUT2D eigenvalue weighted by Gasteiger charge is -2.22. The molecule has 2 rings (SSSR count). The summed E-state index contributed by atoms with van der Waals surface area (Å²) in [6.07, 6.45) is 6.15. The summed E-state index contributed by atoms with van der Waals surface area (Å²) in [5.41, 5.74) is 1.10. The molecule has 0 spiro atoms. The van der Waals surface area contributed by atoms with E-state index < -0.39 is 0 Å². The summed E-state index contributed by atoms with van der Waals surface area (Å²) in [6, 6.07) is 3.59. The summed E-state index contributed by atoms with van der Waals surface area (Å²) >= 11 is 0. The SMILES string of the molecule is CN(C)[C@H](CNC(=O)NCCc1cnn(C)c1)c1ccco1. The molecule has 1 atom stereocenters. The van der Waals surface area contributed by atoms with Crippen LogP contribution >= 0.6 is 0 Å². The predicted molar refractivity (Wildman–Crippen MR) is 83.4 cm³/mol. The predicted octanol–water partition coefficient (Wildman–Crippen LogP) is 1.16. The van der Waals surface area contributed by atoms with Gasteiger partial charge >= 0.3 is 6.03 Å². The Hall–Kier alpha value is -2.28. The van der Waals surface area contributed by atoms with Gasteiger partial charge in [0.15, 0.2) is 0 Å². The highest BCUT2D eigenvalue weighted by Crippen LogP contribution is 2.17. The van der Waals surface area contributed by atoms with E-state index in [1.807, 2.05) is 44.4 Å². The zero-order chi connectivity index (χ0) is 15.9. The van der Waals surface area contributed by atoms with Crippen LogP contribution in [-0.4, -0.2) is 47.9 Å². The van der Waals surface area contributed by atoms with Crippen molar-refractivity contribution in [2.24, 2.45) is 7.05 Å². The number of carbonyl (C=O) groups excluding carboxylic acids is 1. The number of hydrogen-bond acceptors (Lipinski definition) is 4. The molecule has 22 heavy (non-hydrogen) atoms. The van der Waals surface area contributed by atoms with E-state index in [1.54, 1.807) is 17.1 Å². The van der Waals surface area contributed by atoms with Crippen LogP contribution in [0.5, 0.6) is 0 Å². The molecule has 2 heterocycles. The molecular weight excluding hydrogens is 282 g/mol. The first-order valence-electron chi connectivity index (χ1n) is 7.25. The van der Waals surface area contributed by atoms with Crippen molar-refractivity contribution >= 4 is 6.03 Å². The summed E-state index contributed by atoms with van der Waals surface area (Å²) < 4.78 is 7.16. The lowest BCUT2D eigenvalue weighted by molar-refractivity contribution is 0.225. The third-order valence-corrected chi connectivity index (χ3v) is 3.41. The fraction of sp³-hybridized carbons (Fsp3) is 0.467. The molecular formula is C15H23N5O2. The van der Waals surface area contributed by atoms with Crippen LogP contribution in [0.1, 0.15) is 17.4 Å². The molecule has 0 aliphatic carbocycles. The molecule has 7 nitrogen and oxygen atoms in total. The molecule has 2 amide bonds. The van der Waals surface area contributed by atoms with Crippen molar-refractivity contribution in [3.63, 3.8) is 0 Å². The summed E-state index contributed by atoms with van der Waals surface area (Å²) in [5.74, 6) is 0.834. The first-order valence-corrected chi connectivity index (χ1v) is 7.25. The number of nitrogens with one attached hydrogen (secondary N) is 2. The fourth-order valence-electron chi connectivity index (χ4n) is 2.19. The Morgan fingerprint density at radius 3 is 2.86 bits per heavy atom. The Balaban J connectivity index is 1.72. The van der Waals surface area contributed by atoms with E-state index >= 15 is 0 Å². The van der Waals surface area contributed by atoms with E-state index in [1.165, 1.54) is 0 Å². The Morgan fingerprint density at radius 2 is 2.27 bits per heavy atom. The van der Waals surface area contributed by atoms with E-state index in [4.69, 9.17) is 4.42 Å². The minimum absolute atomic E-state index is 0.0130. The summed E-state index contributed by atoms with van der Waals surface area (Å²) in [4.78, 5) is 13.9. The summed E-state index contributed by atoms with van der Waals surface area (Å²) in [7, 11) is 5.78. The minimum Gasteiger partial charge on any atom is -0.468 e.